The van der Waals surface area contributed by atoms with Crippen LogP contribution < -0.4 is 14.2 Å². The molecule has 0 saturated carbocycles. The van der Waals surface area contributed by atoms with Gasteiger partial charge in [0.05, 0.1) is 25.8 Å². The number of unbranched alkanes of at least 4 members (excludes halogenated alkanes) is 1. The van der Waals surface area contributed by atoms with Crippen LogP contribution >= 0.6 is 23.2 Å². The first-order chi connectivity index (χ1) is 17.0. The standard InChI is InChI=1S/C27H34Cl2N2O4/c1-33-25-14-20-9-12-31(27(32)22(20)16-26(25)34-2)18-19-6-5-11-30(17-19)10-3-4-13-35-24-8-7-21(28)15-23(24)29/h7-8,14-16,19H,3-6,9-13,17-18H2,1-2H3. The Hall–Kier alpha value is -2.15. The summed E-state index contributed by atoms with van der Waals surface area (Å²) in [5.41, 5.74) is 1.78. The third-order valence-corrected chi connectivity index (χ3v) is 7.41. The van der Waals surface area contributed by atoms with Crippen LogP contribution in [0.1, 0.15) is 41.6 Å². The molecule has 0 bridgehead atoms. The molecule has 1 atom stereocenters. The molecule has 0 aromatic heterocycles. The van der Waals surface area contributed by atoms with Crippen molar-refractivity contribution in [2.24, 2.45) is 5.92 Å². The molecule has 0 N–H and O–H groups in total. The van der Waals surface area contributed by atoms with Gasteiger partial charge in [0.1, 0.15) is 5.75 Å². The molecule has 1 amide bonds. The first kappa shape index (κ1) is 25.9. The SMILES string of the molecule is COc1cc2c(cc1OC)C(=O)N(CC1CCCN(CCCCOc3ccc(Cl)cc3Cl)C1)CC2. The van der Waals surface area contributed by atoms with Crippen molar-refractivity contribution in [3.63, 3.8) is 0 Å². The van der Waals surface area contributed by atoms with Gasteiger partial charge in [-0.05, 0) is 87.0 Å². The molecular formula is C27H34Cl2N2O4. The highest BCUT2D eigenvalue weighted by Crippen LogP contribution is 2.34. The van der Waals surface area contributed by atoms with Crippen LogP contribution in [0.4, 0.5) is 0 Å². The lowest BCUT2D eigenvalue weighted by molar-refractivity contribution is 0.0659. The predicted molar refractivity (Wildman–Crippen MR) is 140 cm³/mol. The molecule has 2 aromatic carbocycles. The summed E-state index contributed by atoms with van der Waals surface area (Å²) in [4.78, 5) is 17.8. The van der Waals surface area contributed by atoms with E-state index in [1.54, 1.807) is 26.4 Å². The zero-order valence-corrected chi connectivity index (χ0v) is 22.0. The summed E-state index contributed by atoms with van der Waals surface area (Å²) in [6.07, 6.45) is 5.21. The maximum absolute atomic E-state index is 13.2. The number of piperidine rings is 1. The average Bonchev–Trinajstić information content (AvgIpc) is 2.86. The second-order valence-electron chi connectivity index (χ2n) is 9.30. The van der Waals surface area contributed by atoms with Gasteiger partial charge in [-0.2, -0.15) is 0 Å². The Kier molecular flexibility index (Phi) is 9.04. The number of benzene rings is 2. The molecule has 2 aliphatic heterocycles. The number of likely N-dealkylation sites (tertiary alicyclic amines) is 1. The molecule has 1 saturated heterocycles. The first-order valence-corrected chi connectivity index (χ1v) is 13.1. The Bertz CT molecular complexity index is 1030. The van der Waals surface area contributed by atoms with E-state index in [9.17, 15) is 4.79 Å². The number of fused-ring (bicyclic) bond motifs is 1. The number of carbonyl (C=O) groups is 1. The number of hydrogen-bond acceptors (Lipinski definition) is 5. The van der Waals surface area contributed by atoms with Gasteiger partial charge >= 0.3 is 0 Å². The van der Waals surface area contributed by atoms with E-state index in [-0.39, 0.29) is 5.91 Å². The highest BCUT2D eigenvalue weighted by Gasteiger charge is 2.29. The Morgan fingerprint density at radius 3 is 2.57 bits per heavy atom. The van der Waals surface area contributed by atoms with Crippen LogP contribution in [0.3, 0.4) is 0 Å². The molecule has 2 aliphatic rings. The minimum absolute atomic E-state index is 0.0994. The number of carbonyl (C=O) groups excluding carboxylic acids is 1. The van der Waals surface area contributed by atoms with Crippen molar-refractivity contribution in [3.05, 3.63) is 51.5 Å². The van der Waals surface area contributed by atoms with E-state index in [0.717, 1.165) is 69.5 Å². The van der Waals surface area contributed by atoms with Gasteiger partial charge in [0.2, 0.25) is 0 Å². The number of methoxy groups -OCH3 is 2. The van der Waals surface area contributed by atoms with E-state index in [1.165, 1.54) is 6.42 Å². The summed E-state index contributed by atoms with van der Waals surface area (Å²) in [6, 6.07) is 9.07. The lowest BCUT2D eigenvalue weighted by atomic mass is 9.94. The molecule has 0 spiro atoms. The Morgan fingerprint density at radius 2 is 1.80 bits per heavy atom. The fraction of sp³-hybridized carbons (Fsp3) is 0.519. The maximum Gasteiger partial charge on any atom is 0.254 e. The van der Waals surface area contributed by atoms with Gasteiger partial charge < -0.3 is 24.0 Å². The number of rotatable bonds is 10. The first-order valence-electron chi connectivity index (χ1n) is 12.3. The largest absolute Gasteiger partial charge is 0.493 e. The van der Waals surface area contributed by atoms with Crippen molar-refractivity contribution in [3.8, 4) is 17.2 Å². The van der Waals surface area contributed by atoms with Crippen LogP contribution in [0, 0.1) is 5.92 Å². The van der Waals surface area contributed by atoms with Crippen molar-refractivity contribution in [2.75, 3.05) is 53.6 Å². The lowest BCUT2D eigenvalue weighted by Gasteiger charge is -2.37. The minimum Gasteiger partial charge on any atom is -0.493 e. The third kappa shape index (κ3) is 6.54. The highest BCUT2D eigenvalue weighted by atomic mass is 35.5. The van der Waals surface area contributed by atoms with Crippen LogP contribution in [0.2, 0.25) is 10.0 Å². The van der Waals surface area contributed by atoms with E-state index in [0.29, 0.717) is 39.8 Å². The van der Waals surface area contributed by atoms with E-state index < -0.39 is 0 Å². The zero-order chi connectivity index (χ0) is 24.8. The minimum atomic E-state index is 0.0994. The summed E-state index contributed by atoms with van der Waals surface area (Å²) in [7, 11) is 3.23. The molecule has 1 fully saturated rings. The average molecular weight is 521 g/mol. The van der Waals surface area contributed by atoms with Crippen molar-refractivity contribution in [1.82, 2.24) is 9.80 Å². The fourth-order valence-electron chi connectivity index (χ4n) is 5.06. The molecule has 8 heteroatoms. The summed E-state index contributed by atoms with van der Waals surface area (Å²) in [6.45, 7) is 5.39. The van der Waals surface area contributed by atoms with Gasteiger partial charge in [-0.25, -0.2) is 0 Å². The molecule has 6 nitrogen and oxygen atoms in total. The zero-order valence-electron chi connectivity index (χ0n) is 20.5. The molecular weight excluding hydrogens is 487 g/mol. The van der Waals surface area contributed by atoms with Crippen molar-refractivity contribution >= 4 is 29.1 Å². The van der Waals surface area contributed by atoms with Gasteiger partial charge in [0, 0.05) is 30.2 Å². The van der Waals surface area contributed by atoms with Crippen LogP contribution in [0.5, 0.6) is 17.2 Å². The van der Waals surface area contributed by atoms with Crippen LogP contribution in [-0.2, 0) is 6.42 Å². The van der Waals surface area contributed by atoms with E-state index in [2.05, 4.69) is 4.90 Å². The van der Waals surface area contributed by atoms with Gasteiger partial charge in [-0.3, -0.25) is 4.79 Å². The van der Waals surface area contributed by atoms with Crippen LogP contribution in [0.15, 0.2) is 30.3 Å². The second kappa shape index (κ2) is 12.2. The fourth-order valence-corrected chi connectivity index (χ4v) is 5.52. The number of halogens is 2. The van der Waals surface area contributed by atoms with Gasteiger partial charge in [-0.15, -0.1) is 0 Å². The number of hydrogen-bond donors (Lipinski definition) is 0. The monoisotopic (exact) mass is 520 g/mol. The van der Waals surface area contributed by atoms with Gasteiger partial charge in [-0.1, -0.05) is 23.2 Å². The van der Waals surface area contributed by atoms with Crippen molar-refractivity contribution < 1.29 is 19.0 Å². The Labute approximate surface area is 218 Å². The Balaban J connectivity index is 1.23. The summed E-state index contributed by atoms with van der Waals surface area (Å²) >= 11 is 12.1. The van der Waals surface area contributed by atoms with Gasteiger partial charge in [0.15, 0.2) is 11.5 Å². The lowest BCUT2D eigenvalue weighted by Crippen LogP contribution is -2.45. The number of nitrogens with zero attached hydrogens (tertiary/aromatic N) is 2. The molecule has 2 aromatic rings. The summed E-state index contributed by atoms with van der Waals surface area (Å²) in [5, 5.41) is 1.15. The third-order valence-electron chi connectivity index (χ3n) is 6.88. The van der Waals surface area contributed by atoms with Crippen molar-refractivity contribution in [2.45, 2.75) is 32.1 Å². The highest BCUT2D eigenvalue weighted by molar-refractivity contribution is 6.35. The predicted octanol–water partition coefficient (Wildman–Crippen LogP) is 5.58. The number of amides is 1. The molecule has 35 heavy (non-hydrogen) atoms. The Morgan fingerprint density at radius 1 is 1.00 bits per heavy atom. The summed E-state index contributed by atoms with van der Waals surface area (Å²) in [5.74, 6) is 2.56. The normalized spacial score (nSPS) is 18.3. The van der Waals surface area contributed by atoms with E-state index in [4.69, 9.17) is 37.4 Å². The molecule has 190 valence electrons. The maximum atomic E-state index is 13.2. The van der Waals surface area contributed by atoms with Crippen LogP contribution in [0.25, 0.3) is 0 Å². The quantitative estimate of drug-likeness (QED) is 0.382. The molecule has 4 rings (SSSR count). The topological polar surface area (TPSA) is 51.2 Å². The van der Waals surface area contributed by atoms with Crippen molar-refractivity contribution in [1.29, 1.82) is 0 Å². The van der Waals surface area contributed by atoms with E-state index >= 15 is 0 Å². The second-order valence-corrected chi connectivity index (χ2v) is 10.1. The number of ether oxygens (including phenoxy) is 3. The molecule has 0 radical (unpaired) electrons. The molecule has 2 heterocycles. The van der Waals surface area contributed by atoms with Gasteiger partial charge in [0.25, 0.3) is 5.91 Å². The summed E-state index contributed by atoms with van der Waals surface area (Å²) < 4.78 is 16.6. The van der Waals surface area contributed by atoms with Crippen LogP contribution in [-0.4, -0.2) is 69.3 Å². The molecule has 0 aliphatic carbocycles. The molecule has 1 unspecified atom stereocenters. The smallest absolute Gasteiger partial charge is 0.254 e. The van der Waals surface area contributed by atoms with E-state index in [1.807, 2.05) is 23.1 Å².